The normalized spacial score (nSPS) is 25.2. The maximum absolute atomic E-state index is 11.3. The summed E-state index contributed by atoms with van der Waals surface area (Å²) in [6.07, 6.45) is 4.23. The van der Waals surface area contributed by atoms with Gasteiger partial charge < -0.3 is 14.6 Å². The third-order valence-corrected chi connectivity index (χ3v) is 3.61. The number of hydrogen-bond acceptors (Lipinski definition) is 5. The molecule has 1 fully saturated rings. The molecule has 0 aromatic carbocycles. The summed E-state index contributed by atoms with van der Waals surface area (Å²) in [5, 5.41) is 18.5. The maximum atomic E-state index is 11.3. The van der Waals surface area contributed by atoms with Gasteiger partial charge in [-0.2, -0.15) is 0 Å². The molecular weight excluding hydrogens is 234 g/mol. The number of aromatic hydroxyl groups is 1. The van der Waals surface area contributed by atoms with Gasteiger partial charge in [-0.15, -0.1) is 0 Å². The van der Waals surface area contributed by atoms with E-state index in [1.807, 2.05) is 0 Å². The van der Waals surface area contributed by atoms with Crippen molar-refractivity contribution in [3.8, 4) is 5.75 Å². The fourth-order valence-electron chi connectivity index (χ4n) is 2.53. The summed E-state index contributed by atoms with van der Waals surface area (Å²) in [5.41, 5.74) is -0.429. The molecule has 0 spiro atoms. The van der Waals surface area contributed by atoms with Crippen molar-refractivity contribution in [2.45, 2.75) is 44.8 Å². The summed E-state index contributed by atoms with van der Waals surface area (Å²) in [7, 11) is 0. The van der Waals surface area contributed by atoms with Crippen molar-refractivity contribution in [2.75, 3.05) is 6.61 Å². The van der Waals surface area contributed by atoms with Crippen LogP contribution in [0, 0.1) is 0 Å². The molecule has 2 unspecified atom stereocenters. The quantitative estimate of drug-likeness (QED) is 0.843. The SMILES string of the molecule is CC1CCCC(CO)N1Cc1cc(=O)c(O)co1. The Morgan fingerprint density at radius 2 is 2.28 bits per heavy atom. The molecule has 2 rings (SSSR count). The lowest BCUT2D eigenvalue weighted by Gasteiger charge is -2.39. The Morgan fingerprint density at radius 1 is 1.50 bits per heavy atom. The number of hydrogen-bond donors (Lipinski definition) is 2. The van der Waals surface area contributed by atoms with E-state index in [-0.39, 0.29) is 18.4 Å². The second kappa shape index (κ2) is 5.54. The molecule has 100 valence electrons. The van der Waals surface area contributed by atoms with E-state index >= 15 is 0 Å². The molecule has 0 saturated carbocycles. The number of likely N-dealkylation sites (tertiary alicyclic amines) is 1. The Labute approximate surface area is 106 Å². The summed E-state index contributed by atoms with van der Waals surface area (Å²) in [6.45, 7) is 2.72. The molecule has 5 heteroatoms. The smallest absolute Gasteiger partial charge is 0.226 e. The Kier molecular flexibility index (Phi) is 4.04. The van der Waals surface area contributed by atoms with Gasteiger partial charge in [-0.1, -0.05) is 6.42 Å². The summed E-state index contributed by atoms with van der Waals surface area (Å²) < 4.78 is 5.21. The Hall–Kier alpha value is -1.33. The largest absolute Gasteiger partial charge is 0.502 e. The topological polar surface area (TPSA) is 73.9 Å². The molecule has 0 bridgehead atoms. The lowest BCUT2D eigenvalue weighted by atomic mass is 9.96. The van der Waals surface area contributed by atoms with E-state index < -0.39 is 5.43 Å². The number of aliphatic hydroxyl groups excluding tert-OH is 1. The second-order valence-electron chi connectivity index (χ2n) is 4.88. The summed E-state index contributed by atoms with van der Waals surface area (Å²) >= 11 is 0. The van der Waals surface area contributed by atoms with E-state index in [0.717, 1.165) is 25.5 Å². The van der Waals surface area contributed by atoms with Crippen LogP contribution >= 0.6 is 0 Å². The van der Waals surface area contributed by atoms with Crippen LogP contribution in [0.4, 0.5) is 0 Å². The van der Waals surface area contributed by atoms with Gasteiger partial charge in [0.05, 0.1) is 13.2 Å². The van der Waals surface area contributed by atoms with Crippen LogP contribution in [0.25, 0.3) is 0 Å². The number of nitrogens with zero attached hydrogens (tertiary/aromatic N) is 1. The molecule has 2 N–H and O–H groups in total. The number of aliphatic hydroxyl groups is 1. The van der Waals surface area contributed by atoms with Crippen LogP contribution < -0.4 is 5.43 Å². The predicted octanol–water partition coefficient (Wildman–Crippen LogP) is 1.08. The van der Waals surface area contributed by atoms with Crippen LogP contribution in [0.3, 0.4) is 0 Å². The zero-order valence-corrected chi connectivity index (χ0v) is 10.5. The molecule has 0 aliphatic carbocycles. The fourth-order valence-corrected chi connectivity index (χ4v) is 2.53. The maximum Gasteiger partial charge on any atom is 0.226 e. The van der Waals surface area contributed by atoms with Gasteiger partial charge in [0.1, 0.15) is 12.0 Å². The molecule has 0 radical (unpaired) electrons. The van der Waals surface area contributed by atoms with Crippen molar-refractivity contribution < 1.29 is 14.6 Å². The van der Waals surface area contributed by atoms with E-state index in [1.165, 1.54) is 6.07 Å². The highest BCUT2D eigenvalue weighted by molar-refractivity contribution is 5.15. The van der Waals surface area contributed by atoms with Gasteiger partial charge >= 0.3 is 0 Å². The van der Waals surface area contributed by atoms with E-state index in [9.17, 15) is 9.90 Å². The van der Waals surface area contributed by atoms with Gasteiger partial charge in [0, 0.05) is 18.2 Å². The molecular formula is C13H19NO4. The summed E-state index contributed by atoms with van der Waals surface area (Å²) in [5.74, 6) is 0.147. The van der Waals surface area contributed by atoms with Crippen molar-refractivity contribution in [1.29, 1.82) is 0 Å². The van der Waals surface area contributed by atoms with Crippen molar-refractivity contribution >= 4 is 0 Å². The number of piperidine rings is 1. The zero-order valence-electron chi connectivity index (χ0n) is 10.5. The predicted molar refractivity (Wildman–Crippen MR) is 66.4 cm³/mol. The first-order chi connectivity index (χ1) is 8.61. The average molecular weight is 253 g/mol. The van der Waals surface area contributed by atoms with Crippen molar-refractivity contribution in [3.05, 3.63) is 28.3 Å². The zero-order chi connectivity index (χ0) is 13.1. The fraction of sp³-hybridized carbons (Fsp3) is 0.615. The van der Waals surface area contributed by atoms with Crippen LogP contribution in [-0.2, 0) is 6.54 Å². The molecule has 2 atom stereocenters. The van der Waals surface area contributed by atoms with Gasteiger partial charge in [0.15, 0.2) is 5.75 Å². The molecule has 1 aromatic heterocycles. The van der Waals surface area contributed by atoms with Gasteiger partial charge in [-0.05, 0) is 19.8 Å². The van der Waals surface area contributed by atoms with E-state index in [0.29, 0.717) is 18.3 Å². The summed E-state index contributed by atoms with van der Waals surface area (Å²) in [4.78, 5) is 13.5. The van der Waals surface area contributed by atoms with Gasteiger partial charge in [0.2, 0.25) is 5.43 Å². The van der Waals surface area contributed by atoms with Crippen LogP contribution in [0.2, 0.25) is 0 Å². The second-order valence-corrected chi connectivity index (χ2v) is 4.88. The lowest BCUT2D eigenvalue weighted by molar-refractivity contribution is 0.0393. The van der Waals surface area contributed by atoms with E-state index in [1.54, 1.807) is 0 Å². The first kappa shape index (κ1) is 13.1. The van der Waals surface area contributed by atoms with Gasteiger partial charge in [-0.3, -0.25) is 9.69 Å². The van der Waals surface area contributed by atoms with Gasteiger partial charge in [-0.25, -0.2) is 0 Å². The van der Waals surface area contributed by atoms with Crippen molar-refractivity contribution in [2.24, 2.45) is 0 Å². The lowest BCUT2D eigenvalue weighted by Crippen LogP contribution is -2.46. The molecule has 1 aromatic rings. The Morgan fingerprint density at radius 3 is 2.94 bits per heavy atom. The highest BCUT2D eigenvalue weighted by atomic mass is 16.4. The molecule has 5 nitrogen and oxygen atoms in total. The minimum Gasteiger partial charge on any atom is -0.502 e. The highest BCUT2D eigenvalue weighted by Gasteiger charge is 2.27. The Bertz CT molecular complexity index is 457. The molecule has 1 aliphatic rings. The standard InChI is InChI=1S/C13H19NO4/c1-9-3-2-4-10(7-15)14(9)6-11-5-12(16)13(17)8-18-11/h5,8-10,15,17H,2-4,6-7H2,1H3. The first-order valence-electron chi connectivity index (χ1n) is 6.29. The third-order valence-electron chi connectivity index (χ3n) is 3.61. The van der Waals surface area contributed by atoms with Crippen LogP contribution in [0.15, 0.2) is 21.5 Å². The van der Waals surface area contributed by atoms with Crippen molar-refractivity contribution in [3.63, 3.8) is 0 Å². The van der Waals surface area contributed by atoms with Crippen LogP contribution in [0.5, 0.6) is 5.75 Å². The third kappa shape index (κ3) is 2.73. The minimum absolute atomic E-state index is 0.118. The first-order valence-corrected chi connectivity index (χ1v) is 6.29. The number of rotatable bonds is 3. The monoisotopic (exact) mass is 253 g/mol. The van der Waals surface area contributed by atoms with E-state index in [4.69, 9.17) is 9.52 Å². The summed E-state index contributed by atoms with van der Waals surface area (Å²) in [6, 6.07) is 1.79. The highest BCUT2D eigenvalue weighted by Crippen LogP contribution is 2.24. The molecule has 1 saturated heterocycles. The molecule has 1 aliphatic heterocycles. The van der Waals surface area contributed by atoms with Crippen LogP contribution in [0.1, 0.15) is 31.9 Å². The molecule has 0 amide bonds. The molecule has 2 heterocycles. The van der Waals surface area contributed by atoms with E-state index in [2.05, 4.69) is 11.8 Å². The minimum atomic E-state index is -0.429. The average Bonchev–Trinajstić information content (AvgIpc) is 2.36. The molecule has 18 heavy (non-hydrogen) atoms. The van der Waals surface area contributed by atoms with Crippen molar-refractivity contribution in [1.82, 2.24) is 4.90 Å². The van der Waals surface area contributed by atoms with Gasteiger partial charge in [0.25, 0.3) is 0 Å². The van der Waals surface area contributed by atoms with Crippen LogP contribution in [-0.4, -0.2) is 33.8 Å². The Balaban J connectivity index is 2.14.